The van der Waals surface area contributed by atoms with Crippen molar-refractivity contribution in [2.75, 3.05) is 6.54 Å². The Balaban J connectivity index is 1.71. The van der Waals surface area contributed by atoms with Gasteiger partial charge in [0, 0.05) is 24.9 Å². The van der Waals surface area contributed by atoms with Crippen LogP contribution in [0.1, 0.15) is 69.9 Å². The quantitative estimate of drug-likeness (QED) is 0.928. The Morgan fingerprint density at radius 1 is 1.14 bits per heavy atom. The van der Waals surface area contributed by atoms with Gasteiger partial charge in [-0.1, -0.05) is 26.7 Å². The fourth-order valence-electron chi connectivity index (χ4n) is 4.32. The Morgan fingerprint density at radius 3 is 2.59 bits per heavy atom. The molecule has 2 heterocycles. The van der Waals surface area contributed by atoms with Gasteiger partial charge in [-0.3, -0.25) is 4.90 Å². The van der Waals surface area contributed by atoms with Crippen LogP contribution in [-0.4, -0.2) is 43.5 Å². The Labute approximate surface area is 133 Å². The molecule has 1 aromatic heterocycles. The first kappa shape index (κ1) is 15.9. The number of aromatic nitrogens is 3. The zero-order valence-corrected chi connectivity index (χ0v) is 14.2. The van der Waals surface area contributed by atoms with Gasteiger partial charge in [-0.05, 0) is 32.2 Å². The molecule has 5 nitrogen and oxygen atoms in total. The highest BCUT2D eigenvalue weighted by Gasteiger charge is 2.37. The minimum atomic E-state index is -0.106. The molecule has 0 bridgehead atoms. The third kappa shape index (κ3) is 3.06. The lowest BCUT2D eigenvalue weighted by molar-refractivity contribution is 0.0193. The van der Waals surface area contributed by atoms with Crippen molar-refractivity contribution >= 4 is 0 Å². The van der Waals surface area contributed by atoms with E-state index in [0.717, 1.165) is 31.2 Å². The molecule has 1 N–H and O–H groups in total. The second-order valence-corrected chi connectivity index (χ2v) is 7.38. The molecule has 124 valence electrons. The highest BCUT2D eigenvalue weighted by atomic mass is 16.3. The second kappa shape index (κ2) is 6.67. The first-order valence-electron chi connectivity index (χ1n) is 8.88. The van der Waals surface area contributed by atoms with Gasteiger partial charge >= 0.3 is 0 Å². The lowest BCUT2D eigenvalue weighted by Crippen LogP contribution is -2.42. The molecular weight excluding hydrogens is 276 g/mol. The van der Waals surface area contributed by atoms with Crippen LogP contribution in [0.25, 0.3) is 0 Å². The smallest absolute Gasteiger partial charge is 0.146 e. The molecule has 0 radical (unpaired) electrons. The lowest BCUT2D eigenvalue weighted by Gasteiger charge is -2.37. The van der Waals surface area contributed by atoms with Crippen molar-refractivity contribution in [3.05, 3.63) is 11.6 Å². The summed E-state index contributed by atoms with van der Waals surface area (Å²) in [6.45, 7) is 6.30. The van der Waals surface area contributed by atoms with Crippen molar-refractivity contribution in [1.29, 1.82) is 0 Å². The van der Waals surface area contributed by atoms with Crippen LogP contribution in [0.5, 0.6) is 0 Å². The first-order valence-corrected chi connectivity index (χ1v) is 8.88. The maximum Gasteiger partial charge on any atom is 0.146 e. The van der Waals surface area contributed by atoms with Crippen molar-refractivity contribution in [3.63, 3.8) is 0 Å². The number of hydrogen-bond acceptors (Lipinski definition) is 4. The van der Waals surface area contributed by atoms with Crippen LogP contribution in [0.4, 0.5) is 0 Å². The third-order valence-corrected chi connectivity index (χ3v) is 5.55. The summed E-state index contributed by atoms with van der Waals surface area (Å²) in [4.78, 5) is 2.54. The Kier molecular flexibility index (Phi) is 4.83. The zero-order chi connectivity index (χ0) is 15.7. The van der Waals surface area contributed by atoms with Crippen LogP contribution < -0.4 is 0 Å². The number of aliphatic hydroxyl groups excluding tert-OH is 1. The average Bonchev–Trinajstić information content (AvgIpc) is 3.08. The van der Waals surface area contributed by atoms with E-state index < -0.39 is 0 Å². The number of rotatable bonds is 4. The van der Waals surface area contributed by atoms with E-state index in [4.69, 9.17) is 0 Å². The van der Waals surface area contributed by atoms with Crippen molar-refractivity contribution < 1.29 is 5.11 Å². The summed E-state index contributed by atoms with van der Waals surface area (Å²) in [7, 11) is 2.07. The monoisotopic (exact) mass is 306 g/mol. The molecule has 22 heavy (non-hydrogen) atoms. The normalized spacial score (nSPS) is 30.3. The third-order valence-electron chi connectivity index (χ3n) is 5.55. The van der Waals surface area contributed by atoms with Gasteiger partial charge < -0.3 is 9.67 Å². The number of likely N-dealkylation sites (tertiary alicyclic amines) is 1. The van der Waals surface area contributed by atoms with E-state index in [0.29, 0.717) is 17.9 Å². The van der Waals surface area contributed by atoms with Gasteiger partial charge in [-0.2, -0.15) is 0 Å². The van der Waals surface area contributed by atoms with E-state index in [1.54, 1.807) is 0 Å². The summed E-state index contributed by atoms with van der Waals surface area (Å²) < 4.78 is 2.15. The van der Waals surface area contributed by atoms with Crippen LogP contribution in [-0.2, 0) is 13.6 Å². The zero-order valence-electron chi connectivity index (χ0n) is 14.2. The molecule has 0 spiro atoms. The van der Waals surface area contributed by atoms with E-state index in [2.05, 4.69) is 40.6 Å². The van der Waals surface area contributed by atoms with Crippen molar-refractivity contribution in [2.45, 2.75) is 77.0 Å². The van der Waals surface area contributed by atoms with Gasteiger partial charge in [-0.15, -0.1) is 10.2 Å². The van der Waals surface area contributed by atoms with E-state index in [9.17, 15) is 5.11 Å². The van der Waals surface area contributed by atoms with Gasteiger partial charge in [0.15, 0.2) is 0 Å². The Morgan fingerprint density at radius 2 is 1.91 bits per heavy atom. The molecular formula is C17H30N4O. The fourth-order valence-corrected chi connectivity index (χ4v) is 4.32. The molecule has 1 aliphatic carbocycles. The number of aliphatic hydroxyl groups is 1. The van der Waals surface area contributed by atoms with Crippen molar-refractivity contribution in [3.8, 4) is 0 Å². The average molecular weight is 306 g/mol. The molecule has 1 saturated carbocycles. The van der Waals surface area contributed by atoms with Crippen LogP contribution >= 0.6 is 0 Å². The van der Waals surface area contributed by atoms with E-state index in [1.807, 2.05) is 0 Å². The molecule has 2 fully saturated rings. The van der Waals surface area contributed by atoms with Crippen LogP contribution in [0.3, 0.4) is 0 Å². The second-order valence-electron chi connectivity index (χ2n) is 7.38. The Bertz CT molecular complexity index is 499. The maximum atomic E-state index is 10.4. The molecule has 3 atom stereocenters. The van der Waals surface area contributed by atoms with Gasteiger partial charge in [0.05, 0.1) is 12.6 Å². The minimum Gasteiger partial charge on any atom is -0.393 e. The van der Waals surface area contributed by atoms with Crippen molar-refractivity contribution in [1.82, 2.24) is 19.7 Å². The molecule has 1 saturated heterocycles. The van der Waals surface area contributed by atoms with Gasteiger partial charge in [0.2, 0.25) is 0 Å². The highest BCUT2D eigenvalue weighted by molar-refractivity contribution is 5.01. The predicted molar refractivity (Wildman–Crippen MR) is 86.5 cm³/mol. The topological polar surface area (TPSA) is 54.2 Å². The van der Waals surface area contributed by atoms with Crippen LogP contribution in [0.15, 0.2) is 0 Å². The SMILES string of the molecule is CC(C)c1nnc(CN2CCCC2C2CCCCC2O)n1C. The summed E-state index contributed by atoms with van der Waals surface area (Å²) >= 11 is 0. The predicted octanol–water partition coefficient (Wildman–Crippen LogP) is 2.45. The molecule has 2 aliphatic rings. The summed E-state index contributed by atoms with van der Waals surface area (Å²) in [6, 6.07) is 0.523. The first-order chi connectivity index (χ1) is 10.6. The summed E-state index contributed by atoms with van der Waals surface area (Å²) in [6.07, 6.45) is 6.97. The standard InChI is InChI=1S/C17H30N4O/c1-12(2)17-19-18-16(20(17)3)11-21-10-6-8-14(21)13-7-4-5-9-15(13)22/h12-15,22H,4-11H2,1-3H3. The van der Waals surface area contributed by atoms with E-state index >= 15 is 0 Å². The van der Waals surface area contributed by atoms with E-state index in [1.165, 1.54) is 32.1 Å². The molecule has 0 aromatic carbocycles. The van der Waals surface area contributed by atoms with Crippen LogP contribution in [0, 0.1) is 5.92 Å². The molecule has 1 aromatic rings. The van der Waals surface area contributed by atoms with Gasteiger partial charge in [0.25, 0.3) is 0 Å². The summed E-state index contributed by atoms with van der Waals surface area (Å²) in [5.41, 5.74) is 0. The number of nitrogens with zero attached hydrogens (tertiary/aromatic N) is 4. The molecule has 1 aliphatic heterocycles. The van der Waals surface area contributed by atoms with Gasteiger partial charge in [-0.25, -0.2) is 0 Å². The minimum absolute atomic E-state index is 0.106. The van der Waals surface area contributed by atoms with Crippen molar-refractivity contribution in [2.24, 2.45) is 13.0 Å². The highest BCUT2D eigenvalue weighted by Crippen LogP contribution is 2.35. The molecule has 3 rings (SSSR count). The summed E-state index contributed by atoms with van der Waals surface area (Å²) in [5.74, 6) is 2.97. The van der Waals surface area contributed by atoms with Crippen LogP contribution in [0.2, 0.25) is 0 Å². The number of hydrogen-bond donors (Lipinski definition) is 1. The molecule has 0 amide bonds. The fraction of sp³-hybridized carbons (Fsp3) is 0.882. The summed E-state index contributed by atoms with van der Waals surface area (Å²) in [5, 5.41) is 19.1. The maximum absolute atomic E-state index is 10.4. The van der Waals surface area contributed by atoms with Gasteiger partial charge in [0.1, 0.15) is 11.6 Å². The largest absolute Gasteiger partial charge is 0.393 e. The Hall–Kier alpha value is -0.940. The van der Waals surface area contributed by atoms with E-state index in [-0.39, 0.29) is 6.10 Å². The molecule has 3 unspecified atom stereocenters. The molecule has 5 heteroatoms. The lowest BCUT2D eigenvalue weighted by atomic mass is 9.80.